The largest absolute Gasteiger partial charge is 0.487 e. The van der Waals surface area contributed by atoms with E-state index in [1.165, 1.54) is 62.3 Å². The lowest BCUT2D eigenvalue weighted by molar-refractivity contribution is 0.198. The van der Waals surface area contributed by atoms with Gasteiger partial charge in [-0.15, -0.1) is 36.4 Å². The van der Waals surface area contributed by atoms with E-state index in [2.05, 4.69) is 41.2 Å². The van der Waals surface area contributed by atoms with Crippen LogP contribution in [0.5, 0.6) is 11.5 Å². The molecule has 4 N–H and O–H groups in total. The van der Waals surface area contributed by atoms with Crippen molar-refractivity contribution in [3.8, 4) is 34.1 Å². The standard InChI is InChI=1S/2C29H26ClFN4O4S.C4H8O.CH4.ClH.HI/c2*1-40(36,37)12-11-32-16-23-7-10-27(39-23)20-5-8-26-24(14-20)29(34-18-33-26)35-22-6-9-28(25(30)15-22)38-17-19-3-2-4-21(31)13-19;1-2-4-5-3-1;;;/h2*2-10,13-15,18,32H,11-12,16-17H2,1H3,(H,33,34,35);1-4H2;1H4;2*1H. The van der Waals surface area contributed by atoms with Gasteiger partial charge in [0.1, 0.15) is 103 Å². The van der Waals surface area contributed by atoms with Crippen LogP contribution in [0, 0.1) is 11.6 Å². The summed E-state index contributed by atoms with van der Waals surface area (Å²) in [5, 5.41) is 15.1. The number of fused-ring (bicyclic) bond motifs is 2. The Kier molecular flexibility index (Phi) is 26.7. The van der Waals surface area contributed by atoms with Crippen LogP contribution in [0.4, 0.5) is 31.8 Å². The van der Waals surface area contributed by atoms with E-state index >= 15 is 0 Å². The highest BCUT2D eigenvalue weighted by molar-refractivity contribution is 14.0. The van der Waals surface area contributed by atoms with Gasteiger partial charge in [-0.25, -0.2) is 45.6 Å². The van der Waals surface area contributed by atoms with Gasteiger partial charge in [0.2, 0.25) is 0 Å². The van der Waals surface area contributed by atoms with E-state index in [1.54, 1.807) is 48.5 Å². The molecule has 10 aromatic rings. The van der Waals surface area contributed by atoms with Crippen LogP contribution in [0.25, 0.3) is 44.5 Å². The summed E-state index contributed by atoms with van der Waals surface area (Å²) in [5.41, 5.74) is 5.98. The summed E-state index contributed by atoms with van der Waals surface area (Å²) in [6, 6.07) is 42.0. The minimum atomic E-state index is -3.02. The predicted octanol–water partition coefficient (Wildman–Crippen LogP) is 14.8. The first-order valence-electron chi connectivity index (χ1n) is 26.9. The Morgan fingerprint density at radius 2 is 0.977 bits per heavy atom. The van der Waals surface area contributed by atoms with Gasteiger partial charge in [-0.1, -0.05) is 54.9 Å². The third-order valence-electron chi connectivity index (χ3n) is 12.8. The second-order valence-electron chi connectivity index (χ2n) is 19.8. The molecule has 5 heterocycles. The maximum absolute atomic E-state index is 13.4. The van der Waals surface area contributed by atoms with Crippen molar-refractivity contribution in [2.75, 3.05) is 61.0 Å². The van der Waals surface area contributed by atoms with Crippen molar-refractivity contribution in [1.82, 2.24) is 30.6 Å². The molecule has 17 nitrogen and oxygen atoms in total. The van der Waals surface area contributed by atoms with Crippen LogP contribution in [-0.2, 0) is 50.7 Å². The number of anilines is 4. The zero-order chi connectivity index (χ0) is 59.8. The van der Waals surface area contributed by atoms with Gasteiger partial charge in [-0.05, 0) is 145 Å². The Balaban J connectivity index is 0.000000252. The lowest BCUT2D eigenvalue weighted by atomic mass is 10.1. The number of nitrogens with zero attached hydrogens (tertiary/aromatic N) is 4. The van der Waals surface area contributed by atoms with Crippen LogP contribution >= 0.6 is 59.6 Å². The Bertz CT molecular complexity index is 3880. The van der Waals surface area contributed by atoms with Crippen LogP contribution in [0.3, 0.4) is 0 Å². The lowest BCUT2D eigenvalue weighted by Crippen LogP contribution is -2.21. The molecule has 466 valence electrons. The summed E-state index contributed by atoms with van der Waals surface area (Å²) < 4.78 is 100. The molecule has 1 aliphatic rings. The minimum Gasteiger partial charge on any atom is -0.487 e. The number of hydrogen-bond acceptors (Lipinski definition) is 17. The molecule has 0 atom stereocenters. The first-order valence-corrected chi connectivity index (χ1v) is 31.7. The van der Waals surface area contributed by atoms with E-state index in [0.717, 1.165) is 46.1 Å². The average Bonchev–Trinajstić information content (AvgIpc) is 2.40. The van der Waals surface area contributed by atoms with Crippen molar-refractivity contribution in [3.63, 3.8) is 0 Å². The first kappa shape index (κ1) is 70.1. The number of benzene rings is 6. The SMILES string of the molecule is C.C1CCOC1.CS(=O)(=O)CCNCc1ccc(-c2ccc3ncnc(Nc4ccc(OCc5cccc(F)c5)c(Cl)c4)c3c2)o1.CS(=O)(=O)CCNCc1ccc(-c2ccc3ncnc(Nc4ccc(OCc5cccc(F)c5)c(Cl)c4)c3c2)o1.Cl.I. The summed E-state index contributed by atoms with van der Waals surface area (Å²) in [7, 11) is -6.04. The normalized spacial score (nSPS) is 11.9. The van der Waals surface area contributed by atoms with E-state index in [-0.39, 0.29) is 80.2 Å². The Labute approximate surface area is 543 Å². The number of rotatable bonds is 22. The van der Waals surface area contributed by atoms with Crippen LogP contribution in [0.2, 0.25) is 10.0 Å². The van der Waals surface area contributed by atoms with Crippen LogP contribution in [-0.4, -0.2) is 87.1 Å². The molecule has 0 amide bonds. The second-order valence-corrected chi connectivity index (χ2v) is 25.1. The fraction of sp³-hybridized carbons (Fsp3) is 0.238. The van der Waals surface area contributed by atoms with Crippen molar-refractivity contribution in [2.45, 2.75) is 46.6 Å². The molecular formula is C63H66Cl3F2IN8O9S2. The summed E-state index contributed by atoms with van der Waals surface area (Å²) >= 11 is 12.9. The summed E-state index contributed by atoms with van der Waals surface area (Å²) in [6.07, 6.45) is 7.94. The van der Waals surface area contributed by atoms with Crippen molar-refractivity contribution in [2.24, 2.45) is 0 Å². The summed E-state index contributed by atoms with van der Waals surface area (Å²) in [5.74, 6) is 4.35. The summed E-state index contributed by atoms with van der Waals surface area (Å²) in [4.78, 5) is 17.6. The molecule has 6 aromatic carbocycles. The number of ether oxygens (including phenoxy) is 3. The van der Waals surface area contributed by atoms with Crippen LogP contribution < -0.4 is 30.7 Å². The Morgan fingerprint density at radius 1 is 0.545 bits per heavy atom. The molecule has 0 radical (unpaired) electrons. The van der Waals surface area contributed by atoms with Gasteiger partial charge in [0.15, 0.2) is 0 Å². The van der Waals surface area contributed by atoms with Crippen molar-refractivity contribution in [3.05, 3.63) is 203 Å². The number of sulfone groups is 2. The Hall–Kier alpha value is -7.00. The lowest BCUT2D eigenvalue weighted by Gasteiger charge is -2.12. The topological polar surface area (TPSA) is 222 Å². The molecule has 0 bridgehead atoms. The molecule has 0 spiro atoms. The van der Waals surface area contributed by atoms with Gasteiger partial charge in [0.05, 0.1) is 45.7 Å². The maximum Gasteiger partial charge on any atom is 0.148 e. The molecule has 0 aliphatic carbocycles. The fourth-order valence-corrected chi connectivity index (χ4v) is 10.1. The number of hydrogen-bond donors (Lipinski definition) is 4. The highest BCUT2D eigenvalue weighted by Crippen LogP contribution is 2.35. The average molecular weight is 1410 g/mol. The van der Waals surface area contributed by atoms with E-state index in [1.807, 2.05) is 72.8 Å². The molecule has 25 heteroatoms. The first-order chi connectivity index (χ1) is 41.0. The molecule has 11 rings (SSSR count). The van der Waals surface area contributed by atoms with Crippen LogP contribution in [0.15, 0.2) is 167 Å². The fourth-order valence-electron chi connectivity index (χ4n) is 8.56. The van der Waals surface area contributed by atoms with Crippen molar-refractivity contribution >= 4 is 124 Å². The van der Waals surface area contributed by atoms with E-state index < -0.39 is 19.7 Å². The van der Waals surface area contributed by atoms with Gasteiger partial charge in [-0.3, -0.25) is 0 Å². The predicted molar refractivity (Wildman–Crippen MR) is 358 cm³/mol. The number of halogens is 6. The van der Waals surface area contributed by atoms with E-state index in [0.29, 0.717) is 105 Å². The quantitative estimate of drug-likeness (QED) is 0.0366. The van der Waals surface area contributed by atoms with E-state index in [9.17, 15) is 25.6 Å². The maximum atomic E-state index is 13.4. The number of furan rings is 2. The molecule has 0 unspecified atom stereocenters. The highest BCUT2D eigenvalue weighted by atomic mass is 127. The number of nitrogens with one attached hydrogen (secondary N) is 4. The molecule has 1 fully saturated rings. The summed E-state index contributed by atoms with van der Waals surface area (Å²) in [6.45, 7) is 3.91. The van der Waals surface area contributed by atoms with Crippen LogP contribution in [0.1, 0.15) is 42.9 Å². The molecule has 1 saturated heterocycles. The molecular weight excluding hydrogens is 1350 g/mol. The third kappa shape index (κ3) is 21.4. The smallest absolute Gasteiger partial charge is 0.148 e. The number of aromatic nitrogens is 4. The molecule has 88 heavy (non-hydrogen) atoms. The molecule has 1 aliphatic heterocycles. The second kappa shape index (κ2) is 33.5. The Morgan fingerprint density at radius 3 is 1.35 bits per heavy atom. The molecule has 4 aromatic heterocycles. The third-order valence-corrected chi connectivity index (χ3v) is 15.3. The minimum absolute atomic E-state index is 0. The van der Waals surface area contributed by atoms with Gasteiger partial charge in [0.25, 0.3) is 0 Å². The highest BCUT2D eigenvalue weighted by Gasteiger charge is 2.15. The van der Waals surface area contributed by atoms with Gasteiger partial charge < -0.3 is 44.3 Å². The monoisotopic (exact) mass is 1410 g/mol. The van der Waals surface area contributed by atoms with E-state index in [4.69, 9.17) is 46.2 Å². The van der Waals surface area contributed by atoms with Gasteiger partial charge in [0, 0.05) is 72.1 Å². The molecule has 0 saturated carbocycles. The zero-order valence-corrected chi connectivity index (χ0v) is 53.4. The van der Waals surface area contributed by atoms with Gasteiger partial charge >= 0.3 is 0 Å². The zero-order valence-electron chi connectivity index (χ0n) is 47.1. The van der Waals surface area contributed by atoms with Crippen molar-refractivity contribution < 1.29 is 48.7 Å². The van der Waals surface area contributed by atoms with Gasteiger partial charge in [-0.2, -0.15) is 0 Å². The van der Waals surface area contributed by atoms with Crippen molar-refractivity contribution in [1.29, 1.82) is 0 Å².